The van der Waals surface area contributed by atoms with E-state index in [0.717, 1.165) is 6.07 Å². The third-order valence-electron chi connectivity index (χ3n) is 1.79. The summed E-state index contributed by atoms with van der Waals surface area (Å²) >= 11 is 2.82. The van der Waals surface area contributed by atoms with E-state index in [0.29, 0.717) is 0 Å². The second-order valence-electron chi connectivity index (χ2n) is 3.26. The molecule has 7 nitrogen and oxygen atoms in total. The molecule has 0 saturated heterocycles. The summed E-state index contributed by atoms with van der Waals surface area (Å²) in [6.07, 6.45) is 0. The van der Waals surface area contributed by atoms with Crippen LogP contribution in [0, 0.1) is 0 Å². The molecule has 9 heteroatoms. The highest BCUT2D eigenvalue weighted by Crippen LogP contribution is 2.26. The summed E-state index contributed by atoms with van der Waals surface area (Å²) < 4.78 is 30.2. The Morgan fingerprint density at radius 2 is 2.24 bits per heavy atom. The number of aliphatic hydroxyl groups is 1. The maximum absolute atomic E-state index is 11.8. The van der Waals surface area contributed by atoms with Gasteiger partial charge in [-0.15, -0.1) is 0 Å². The van der Waals surface area contributed by atoms with Crippen LogP contribution in [0.15, 0.2) is 20.0 Å². The predicted molar refractivity (Wildman–Crippen MR) is 60.2 cm³/mol. The van der Waals surface area contributed by atoms with Crippen molar-refractivity contribution in [2.75, 3.05) is 6.61 Å². The van der Waals surface area contributed by atoms with Crippen molar-refractivity contribution in [3.8, 4) is 0 Å². The van der Waals surface area contributed by atoms with E-state index < -0.39 is 27.8 Å². The molecule has 0 aromatic carbocycles. The topological polar surface area (TPSA) is 117 Å². The van der Waals surface area contributed by atoms with Crippen LogP contribution in [-0.2, 0) is 10.0 Å². The van der Waals surface area contributed by atoms with Gasteiger partial charge in [0, 0.05) is 12.1 Å². The molecule has 0 radical (unpaired) electrons. The SMILES string of the molecule is CC(CO)NS(=O)(=O)c1cc(C(=O)O)oc1Br. The van der Waals surface area contributed by atoms with Gasteiger partial charge in [-0.2, -0.15) is 0 Å². The fourth-order valence-electron chi connectivity index (χ4n) is 1.01. The van der Waals surface area contributed by atoms with Gasteiger partial charge in [-0.1, -0.05) is 0 Å². The van der Waals surface area contributed by atoms with Crippen molar-refractivity contribution in [1.29, 1.82) is 0 Å². The lowest BCUT2D eigenvalue weighted by atomic mass is 10.4. The zero-order chi connectivity index (χ0) is 13.2. The minimum absolute atomic E-state index is 0.201. The number of hydrogen-bond donors (Lipinski definition) is 3. The number of rotatable bonds is 5. The predicted octanol–water partition coefficient (Wildman–Crippen LogP) is 0.399. The molecule has 17 heavy (non-hydrogen) atoms. The van der Waals surface area contributed by atoms with Gasteiger partial charge in [-0.3, -0.25) is 0 Å². The summed E-state index contributed by atoms with van der Waals surface area (Å²) in [7, 11) is -3.93. The minimum Gasteiger partial charge on any atom is -0.475 e. The van der Waals surface area contributed by atoms with Crippen molar-refractivity contribution < 1.29 is 27.8 Å². The Hall–Kier alpha value is -0.900. The Labute approximate surface area is 106 Å². The monoisotopic (exact) mass is 327 g/mol. The van der Waals surface area contributed by atoms with Gasteiger partial charge >= 0.3 is 5.97 Å². The van der Waals surface area contributed by atoms with Crippen molar-refractivity contribution >= 4 is 31.9 Å². The maximum atomic E-state index is 11.8. The molecule has 0 saturated carbocycles. The number of aromatic carboxylic acids is 1. The second kappa shape index (κ2) is 5.17. The van der Waals surface area contributed by atoms with Gasteiger partial charge in [0.15, 0.2) is 4.67 Å². The van der Waals surface area contributed by atoms with Crippen LogP contribution in [0.25, 0.3) is 0 Å². The van der Waals surface area contributed by atoms with Crippen LogP contribution in [0.2, 0.25) is 0 Å². The Morgan fingerprint density at radius 1 is 1.65 bits per heavy atom. The van der Waals surface area contributed by atoms with E-state index in [2.05, 4.69) is 20.7 Å². The zero-order valence-electron chi connectivity index (χ0n) is 8.68. The first-order chi connectivity index (χ1) is 7.77. The highest BCUT2D eigenvalue weighted by Gasteiger charge is 2.25. The summed E-state index contributed by atoms with van der Waals surface area (Å²) in [6, 6.07) is 0.203. The van der Waals surface area contributed by atoms with Gasteiger partial charge < -0.3 is 14.6 Å². The molecule has 1 unspecified atom stereocenters. The number of sulfonamides is 1. The number of hydrogen-bond acceptors (Lipinski definition) is 5. The minimum atomic E-state index is -3.93. The molecule has 0 aliphatic carbocycles. The first kappa shape index (κ1) is 14.2. The van der Waals surface area contributed by atoms with E-state index in [1.165, 1.54) is 6.92 Å². The molecule has 0 fully saturated rings. The van der Waals surface area contributed by atoms with Gasteiger partial charge in [0.2, 0.25) is 15.8 Å². The van der Waals surface area contributed by atoms with E-state index in [9.17, 15) is 13.2 Å². The molecular weight excluding hydrogens is 318 g/mol. The molecule has 0 amide bonds. The van der Waals surface area contributed by atoms with Crippen LogP contribution in [0.5, 0.6) is 0 Å². The first-order valence-corrected chi connectivity index (χ1v) is 6.71. The van der Waals surface area contributed by atoms with Gasteiger partial charge in [0.25, 0.3) is 0 Å². The number of furan rings is 1. The highest BCUT2D eigenvalue weighted by atomic mass is 79.9. The smallest absolute Gasteiger partial charge is 0.371 e. The van der Waals surface area contributed by atoms with Crippen LogP contribution in [0.4, 0.5) is 0 Å². The lowest BCUT2D eigenvalue weighted by Crippen LogP contribution is -2.34. The van der Waals surface area contributed by atoms with Crippen LogP contribution >= 0.6 is 15.9 Å². The van der Waals surface area contributed by atoms with Crippen molar-refractivity contribution in [3.63, 3.8) is 0 Å². The third-order valence-corrected chi connectivity index (χ3v) is 4.23. The summed E-state index contributed by atoms with van der Waals surface area (Å²) in [5, 5.41) is 17.4. The fraction of sp³-hybridized carbons (Fsp3) is 0.375. The van der Waals surface area contributed by atoms with E-state index in [-0.39, 0.29) is 16.2 Å². The molecule has 0 aliphatic rings. The number of carboxylic acid groups (broad SMARTS) is 1. The van der Waals surface area contributed by atoms with E-state index in [1.54, 1.807) is 0 Å². The Kier molecular flexibility index (Phi) is 4.31. The molecule has 3 N–H and O–H groups in total. The molecule has 0 aliphatic heterocycles. The van der Waals surface area contributed by atoms with Crippen molar-refractivity contribution in [3.05, 3.63) is 16.5 Å². The molecule has 0 bridgehead atoms. The van der Waals surface area contributed by atoms with E-state index in [4.69, 9.17) is 14.6 Å². The van der Waals surface area contributed by atoms with Crippen molar-refractivity contribution in [1.82, 2.24) is 4.72 Å². The van der Waals surface area contributed by atoms with Crippen LogP contribution in [0.3, 0.4) is 0 Å². The number of carboxylic acids is 1. The Balaban J connectivity index is 3.11. The summed E-state index contributed by atoms with van der Waals surface area (Å²) in [5.41, 5.74) is 0. The molecule has 1 aromatic rings. The van der Waals surface area contributed by atoms with Gasteiger partial charge in [-0.05, 0) is 22.9 Å². The Morgan fingerprint density at radius 3 is 2.65 bits per heavy atom. The quantitative estimate of drug-likeness (QED) is 0.720. The highest BCUT2D eigenvalue weighted by molar-refractivity contribution is 9.10. The number of halogens is 1. The summed E-state index contributed by atoms with van der Waals surface area (Å²) in [4.78, 5) is 10.3. The molecular formula is C8H10BrNO6S. The normalized spacial score (nSPS) is 13.6. The third kappa shape index (κ3) is 3.28. The Bertz CT molecular complexity index is 522. The molecule has 1 atom stereocenters. The van der Waals surface area contributed by atoms with Gasteiger partial charge in [-0.25, -0.2) is 17.9 Å². The average molecular weight is 328 g/mol. The molecule has 1 rings (SSSR count). The molecule has 1 heterocycles. The summed E-state index contributed by atoms with van der Waals surface area (Å²) in [5.74, 6) is -1.86. The van der Waals surface area contributed by atoms with Gasteiger partial charge in [0.1, 0.15) is 4.90 Å². The first-order valence-electron chi connectivity index (χ1n) is 4.43. The lowest BCUT2D eigenvalue weighted by Gasteiger charge is -2.09. The van der Waals surface area contributed by atoms with Crippen molar-refractivity contribution in [2.24, 2.45) is 0 Å². The van der Waals surface area contributed by atoms with E-state index in [1.807, 2.05) is 0 Å². The largest absolute Gasteiger partial charge is 0.475 e. The standard InChI is InChI=1S/C8H10BrNO6S/c1-4(3-11)10-17(14,15)6-2-5(8(12)13)16-7(6)9/h2,4,10-11H,3H2,1H3,(H,12,13). The van der Waals surface area contributed by atoms with Crippen LogP contribution < -0.4 is 4.72 Å². The number of carbonyl (C=O) groups is 1. The molecule has 96 valence electrons. The fourth-order valence-corrected chi connectivity index (χ4v) is 3.18. The average Bonchev–Trinajstić information content (AvgIpc) is 2.60. The van der Waals surface area contributed by atoms with Crippen LogP contribution in [-0.4, -0.2) is 37.2 Å². The molecule has 1 aromatic heterocycles. The van der Waals surface area contributed by atoms with Crippen molar-refractivity contribution in [2.45, 2.75) is 17.9 Å². The summed E-state index contributed by atoms with van der Waals surface area (Å²) in [6.45, 7) is 1.09. The zero-order valence-corrected chi connectivity index (χ0v) is 11.1. The van der Waals surface area contributed by atoms with Gasteiger partial charge in [0.05, 0.1) is 6.61 Å². The van der Waals surface area contributed by atoms with Crippen LogP contribution in [0.1, 0.15) is 17.5 Å². The molecule has 0 spiro atoms. The maximum Gasteiger partial charge on any atom is 0.371 e. The lowest BCUT2D eigenvalue weighted by molar-refractivity contribution is 0.0661. The number of nitrogens with one attached hydrogen (secondary N) is 1. The van der Waals surface area contributed by atoms with E-state index >= 15 is 0 Å². The number of aliphatic hydroxyl groups excluding tert-OH is 1. The second-order valence-corrected chi connectivity index (χ2v) is 5.66.